The van der Waals surface area contributed by atoms with Gasteiger partial charge < -0.3 is 10.0 Å². The minimum absolute atomic E-state index is 0.0838. The second kappa shape index (κ2) is 5.85. The molecule has 0 spiro atoms. The van der Waals surface area contributed by atoms with E-state index in [0.717, 1.165) is 11.1 Å². The van der Waals surface area contributed by atoms with Crippen LogP contribution in [0.25, 0.3) is 11.1 Å². The van der Waals surface area contributed by atoms with Gasteiger partial charge in [-0.25, -0.2) is 4.39 Å². The van der Waals surface area contributed by atoms with E-state index in [1.54, 1.807) is 12.3 Å². The number of amides is 1. The summed E-state index contributed by atoms with van der Waals surface area (Å²) in [6.45, 7) is -0.346. The van der Waals surface area contributed by atoms with Gasteiger partial charge in [-0.2, -0.15) is 0 Å². The smallest absolute Gasteiger partial charge is 0.272 e. The average molecular weight is 300 g/mol. The Morgan fingerprint density at radius 1 is 1.27 bits per heavy atom. The van der Waals surface area contributed by atoms with Crippen LogP contribution >= 0.6 is 0 Å². The fraction of sp³-hybridized carbons (Fsp3) is 0.294. The van der Waals surface area contributed by atoms with Crippen LogP contribution in [0.5, 0.6) is 0 Å². The van der Waals surface area contributed by atoms with Crippen LogP contribution in [0.1, 0.15) is 16.9 Å². The van der Waals surface area contributed by atoms with Gasteiger partial charge in [0.2, 0.25) is 0 Å². The minimum atomic E-state index is -1.69. The van der Waals surface area contributed by atoms with Crippen LogP contribution in [0.4, 0.5) is 4.39 Å². The third kappa shape index (κ3) is 2.85. The summed E-state index contributed by atoms with van der Waals surface area (Å²) in [6.07, 6.45) is 1.74. The highest BCUT2D eigenvalue weighted by Crippen LogP contribution is 2.26. The molecular formula is C17H17FN2O2. The number of halogens is 1. The lowest BCUT2D eigenvalue weighted by molar-refractivity contribution is 0.0627. The number of carbonyl (C=O) groups is 1. The van der Waals surface area contributed by atoms with Crippen LogP contribution in [0, 0.1) is 0 Å². The average Bonchev–Trinajstić information content (AvgIpc) is 2.98. The van der Waals surface area contributed by atoms with Crippen molar-refractivity contribution in [2.75, 3.05) is 19.7 Å². The zero-order chi connectivity index (χ0) is 15.6. The maximum absolute atomic E-state index is 14.0. The molecule has 0 aliphatic carbocycles. The van der Waals surface area contributed by atoms with Crippen molar-refractivity contribution in [2.24, 2.45) is 0 Å². The van der Waals surface area contributed by atoms with E-state index >= 15 is 0 Å². The molecule has 114 valence electrons. The Bertz CT molecular complexity index is 677. The summed E-state index contributed by atoms with van der Waals surface area (Å²) < 4.78 is 14.0. The lowest BCUT2D eigenvalue weighted by Crippen LogP contribution is -2.35. The number of hydrogen-bond acceptors (Lipinski definition) is 3. The van der Waals surface area contributed by atoms with Gasteiger partial charge in [0, 0.05) is 19.2 Å². The largest absolute Gasteiger partial charge is 0.393 e. The van der Waals surface area contributed by atoms with Crippen LogP contribution < -0.4 is 0 Å². The van der Waals surface area contributed by atoms with E-state index in [4.69, 9.17) is 5.11 Å². The number of benzene rings is 1. The maximum Gasteiger partial charge on any atom is 0.272 e. The molecule has 22 heavy (non-hydrogen) atoms. The Kier molecular flexibility index (Phi) is 3.90. The Morgan fingerprint density at radius 2 is 2.05 bits per heavy atom. The van der Waals surface area contributed by atoms with Gasteiger partial charge in [0.05, 0.1) is 13.2 Å². The number of hydrogen-bond donors (Lipinski definition) is 1. The molecular weight excluding hydrogens is 283 g/mol. The van der Waals surface area contributed by atoms with Crippen molar-refractivity contribution >= 4 is 5.91 Å². The highest BCUT2D eigenvalue weighted by molar-refractivity contribution is 5.93. The summed E-state index contributed by atoms with van der Waals surface area (Å²) in [4.78, 5) is 18.0. The van der Waals surface area contributed by atoms with E-state index in [1.807, 2.05) is 36.4 Å². The van der Waals surface area contributed by atoms with Crippen LogP contribution in [0.15, 0.2) is 48.7 Å². The number of likely N-dealkylation sites (tertiary alicyclic amines) is 1. The molecule has 1 N–H and O–H groups in total. The van der Waals surface area contributed by atoms with Gasteiger partial charge in [-0.05, 0) is 23.3 Å². The monoisotopic (exact) mass is 300 g/mol. The lowest BCUT2D eigenvalue weighted by atomic mass is 10.1. The molecule has 1 aromatic carbocycles. The standard InChI is InChI=1S/C17H17FN2O2/c18-17(12-21)7-9-20(11-17)16(22)15-10-14(6-8-19-15)13-4-2-1-3-5-13/h1-6,8,10,21H,7,9,11-12H2. The predicted octanol–water partition coefficient (Wildman–Crippen LogP) is 2.30. The number of aliphatic hydroxyl groups is 1. The predicted molar refractivity (Wildman–Crippen MR) is 81.1 cm³/mol. The molecule has 5 heteroatoms. The van der Waals surface area contributed by atoms with Gasteiger partial charge in [0.1, 0.15) is 5.69 Å². The number of carbonyl (C=O) groups excluding carboxylic acids is 1. The highest BCUT2D eigenvalue weighted by Gasteiger charge is 2.40. The highest BCUT2D eigenvalue weighted by atomic mass is 19.1. The van der Waals surface area contributed by atoms with Gasteiger partial charge in [-0.15, -0.1) is 0 Å². The second-order valence-corrected chi connectivity index (χ2v) is 5.58. The van der Waals surface area contributed by atoms with Crippen LogP contribution in [0.3, 0.4) is 0 Å². The molecule has 1 amide bonds. The summed E-state index contributed by atoms with van der Waals surface area (Å²) in [5, 5.41) is 9.06. The molecule has 1 saturated heterocycles. The molecule has 1 atom stereocenters. The van der Waals surface area contributed by atoms with E-state index in [2.05, 4.69) is 4.98 Å². The first kappa shape index (κ1) is 14.7. The Morgan fingerprint density at radius 3 is 2.73 bits per heavy atom. The van der Waals surface area contributed by atoms with Gasteiger partial charge in [0.25, 0.3) is 5.91 Å². The second-order valence-electron chi connectivity index (χ2n) is 5.58. The Balaban J connectivity index is 1.83. The molecule has 0 saturated carbocycles. The Labute approximate surface area is 128 Å². The Hall–Kier alpha value is -2.27. The number of aliphatic hydroxyl groups excluding tert-OH is 1. The van der Waals surface area contributed by atoms with Crippen molar-refractivity contribution in [3.05, 3.63) is 54.4 Å². The zero-order valence-corrected chi connectivity index (χ0v) is 12.1. The summed E-state index contributed by atoms with van der Waals surface area (Å²) in [6, 6.07) is 13.2. The summed E-state index contributed by atoms with van der Waals surface area (Å²) in [5.74, 6) is -0.300. The maximum atomic E-state index is 14.0. The molecule has 1 unspecified atom stereocenters. The fourth-order valence-electron chi connectivity index (χ4n) is 2.66. The summed E-state index contributed by atoms with van der Waals surface area (Å²) >= 11 is 0. The fourth-order valence-corrected chi connectivity index (χ4v) is 2.66. The molecule has 1 aliphatic rings. The quantitative estimate of drug-likeness (QED) is 0.946. The molecule has 2 aromatic rings. The summed E-state index contributed by atoms with van der Waals surface area (Å²) in [5.41, 5.74) is 0.498. The van der Waals surface area contributed by atoms with E-state index in [-0.39, 0.29) is 18.9 Å². The molecule has 2 heterocycles. The minimum Gasteiger partial charge on any atom is -0.393 e. The van der Waals surface area contributed by atoms with Crippen molar-refractivity contribution in [3.63, 3.8) is 0 Å². The molecule has 0 bridgehead atoms. The first-order valence-electron chi connectivity index (χ1n) is 7.22. The van der Waals surface area contributed by atoms with Crippen molar-refractivity contribution in [2.45, 2.75) is 12.1 Å². The van der Waals surface area contributed by atoms with Crippen LogP contribution in [-0.4, -0.2) is 46.3 Å². The van der Waals surface area contributed by atoms with Crippen LogP contribution in [-0.2, 0) is 0 Å². The normalized spacial score (nSPS) is 21.1. The SMILES string of the molecule is O=C(c1cc(-c2ccccc2)ccn1)N1CCC(F)(CO)C1. The summed E-state index contributed by atoms with van der Waals surface area (Å²) in [7, 11) is 0. The molecule has 1 aromatic heterocycles. The molecule has 4 nitrogen and oxygen atoms in total. The third-order valence-corrected chi connectivity index (χ3v) is 3.96. The van der Waals surface area contributed by atoms with Crippen LogP contribution in [0.2, 0.25) is 0 Å². The number of nitrogens with zero attached hydrogens (tertiary/aromatic N) is 2. The first-order valence-corrected chi connectivity index (χ1v) is 7.22. The zero-order valence-electron chi connectivity index (χ0n) is 12.1. The number of alkyl halides is 1. The first-order chi connectivity index (χ1) is 10.6. The van der Waals surface area contributed by atoms with Gasteiger partial charge in [-0.1, -0.05) is 30.3 Å². The lowest BCUT2D eigenvalue weighted by Gasteiger charge is -2.18. The molecule has 3 rings (SSSR count). The topological polar surface area (TPSA) is 53.4 Å². The van der Waals surface area contributed by atoms with Gasteiger partial charge >= 0.3 is 0 Å². The van der Waals surface area contributed by atoms with E-state index in [0.29, 0.717) is 12.2 Å². The van der Waals surface area contributed by atoms with Crippen molar-refractivity contribution in [3.8, 4) is 11.1 Å². The van der Waals surface area contributed by atoms with E-state index in [9.17, 15) is 9.18 Å². The molecule has 0 radical (unpaired) electrons. The number of pyridine rings is 1. The van der Waals surface area contributed by atoms with Crippen molar-refractivity contribution in [1.82, 2.24) is 9.88 Å². The number of rotatable bonds is 3. The van der Waals surface area contributed by atoms with Gasteiger partial charge in [-0.3, -0.25) is 9.78 Å². The van der Waals surface area contributed by atoms with E-state index < -0.39 is 12.3 Å². The van der Waals surface area contributed by atoms with Crippen molar-refractivity contribution < 1.29 is 14.3 Å². The van der Waals surface area contributed by atoms with Gasteiger partial charge in [0.15, 0.2) is 5.67 Å². The third-order valence-electron chi connectivity index (χ3n) is 3.96. The number of aromatic nitrogens is 1. The molecule has 1 aliphatic heterocycles. The van der Waals surface area contributed by atoms with E-state index in [1.165, 1.54) is 4.90 Å². The van der Waals surface area contributed by atoms with Crippen molar-refractivity contribution in [1.29, 1.82) is 0 Å². The molecule has 1 fully saturated rings.